The maximum Gasteiger partial charge on any atom is 0.383 e. The lowest BCUT2D eigenvalue weighted by atomic mass is 10.5. The van der Waals surface area contributed by atoms with Gasteiger partial charge in [-0.1, -0.05) is 11.8 Å². The average molecular weight is 239 g/mol. The van der Waals surface area contributed by atoms with Crippen molar-refractivity contribution in [1.82, 2.24) is 14.9 Å². The standard InChI is InChI=1S/C6H5ClF2N4S/c1-3-2-14-5-11-10-4(6(7,8)9)13(5)12-3/h2H2,1H3. The smallest absolute Gasteiger partial charge is 0.184 e. The van der Waals surface area contributed by atoms with Gasteiger partial charge in [0.1, 0.15) is 0 Å². The van der Waals surface area contributed by atoms with Gasteiger partial charge in [0.05, 0.1) is 0 Å². The van der Waals surface area contributed by atoms with Crippen LogP contribution in [0.5, 0.6) is 0 Å². The predicted octanol–water partition coefficient (Wildman–Crippen LogP) is 1.90. The van der Waals surface area contributed by atoms with Crippen LogP contribution < -0.4 is 0 Å². The number of hydrogen-bond donors (Lipinski definition) is 0. The summed E-state index contributed by atoms with van der Waals surface area (Å²) >= 11 is 6.15. The molecule has 0 aliphatic carbocycles. The van der Waals surface area contributed by atoms with Crippen molar-refractivity contribution in [2.24, 2.45) is 5.10 Å². The quantitative estimate of drug-likeness (QED) is 0.702. The highest BCUT2D eigenvalue weighted by Gasteiger charge is 2.37. The zero-order valence-electron chi connectivity index (χ0n) is 7.04. The molecule has 0 saturated heterocycles. The molecule has 0 unspecified atom stereocenters. The minimum absolute atomic E-state index is 0.339. The van der Waals surface area contributed by atoms with E-state index in [9.17, 15) is 8.78 Å². The van der Waals surface area contributed by atoms with Crippen molar-refractivity contribution in [1.29, 1.82) is 0 Å². The monoisotopic (exact) mass is 238 g/mol. The Morgan fingerprint density at radius 1 is 1.50 bits per heavy atom. The third-order valence-corrected chi connectivity index (χ3v) is 2.79. The van der Waals surface area contributed by atoms with Crippen LogP contribution >= 0.6 is 23.4 Å². The van der Waals surface area contributed by atoms with Crippen molar-refractivity contribution in [2.45, 2.75) is 17.5 Å². The minimum Gasteiger partial charge on any atom is -0.184 e. The molecule has 0 bridgehead atoms. The number of thioether (sulfide) groups is 1. The fourth-order valence-corrected chi connectivity index (χ4v) is 1.85. The summed E-state index contributed by atoms with van der Waals surface area (Å²) < 4.78 is 26.5. The second-order valence-corrected chi connectivity index (χ2v) is 4.16. The van der Waals surface area contributed by atoms with Crippen LogP contribution in [-0.4, -0.2) is 26.3 Å². The predicted molar refractivity (Wildman–Crippen MR) is 49.0 cm³/mol. The van der Waals surface area contributed by atoms with Crippen molar-refractivity contribution in [3.8, 4) is 0 Å². The van der Waals surface area contributed by atoms with Gasteiger partial charge in [-0.15, -0.1) is 10.2 Å². The molecule has 2 heterocycles. The van der Waals surface area contributed by atoms with Crippen LogP contribution in [0.4, 0.5) is 8.78 Å². The molecule has 0 atom stereocenters. The van der Waals surface area contributed by atoms with Gasteiger partial charge in [-0.25, -0.2) is 0 Å². The Balaban J connectivity index is 2.53. The van der Waals surface area contributed by atoms with Crippen molar-refractivity contribution in [2.75, 3.05) is 5.75 Å². The molecule has 1 aliphatic heterocycles. The maximum atomic E-state index is 12.8. The van der Waals surface area contributed by atoms with Crippen LogP contribution in [0.25, 0.3) is 0 Å². The molecule has 2 rings (SSSR count). The van der Waals surface area contributed by atoms with E-state index in [-0.39, 0.29) is 0 Å². The molecule has 0 N–H and O–H groups in total. The van der Waals surface area contributed by atoms with Crippen LogP contribution in [0.15, 0.2) is 10.3 Å². The number of nitrogens with zero attached hydrogens (tertiary/aromatic N) is 4. The highest BCUT2D eigenvalue weighted by atomic mass is 35.5. The molecule has 0 amide bonds. The second-order valence-electron chi connectivity index (χ2n) is 2.74. The fourth-order valence-electron chi connectivity index (χ4n) is 0.991. The summed E-state index contributed by atoms with van der Waals surface area (Å²) in [5.41, 5.74) is 0.726. The first-order valence-corrected chi connectivity index (χ1v) is 5.04. The van der Waals surface area contributed by atoms with Gasteiger partial charge in [0, 0.05) is 11.5 Å². The molecule has 0 radical (unpaired) electrons. The molecule has 1 aromatic rings. The molecule has 0 spiro atoms. The Labute approximate surface area is 87.3 Å². The summed E-state index contributed by atoms with van der Waals surface area (Å²) in [4.78, 5) is 0. The van der Waals surface area contributed by atoms with Gasteiger partial charge >= 0.3 is 5.38 Å². The molecule has 4 nitrogen and oxygen atoms in total. The van der Waals surface area contributed by atoms with E-state index in [1.54, 1.807) is 6.92 Å². The lowest BCUT2D eigenvalue weighted by Crippen LogP contribution is -2.16. The SMILES string of the molecule is CC1=Nn2c(nnc2C(F)(F)Cl)SC1. The van der Waals surface area contributed by atoms with Crippen LogP contribution in [0.3, 0.4) is 0 Å². The average Bonchev–Trinajstić information content (AvgIpc) is 2.45. The molecule has 14 heavy (non-hydrogen) atoms. The largest absolute Gasteiger partial charge is 0.383 e. The number of halogens is 3. The van der Waals surface area contributed by atoms with E-state index >= 15 is 0 Å². The Morgan fingerprint density at radius 3 is 2.86 bits per heavy atom. The zero-order chi connectivity index (χ0) is 10.3. The van der Waals surface area contributed by atoms with Gasteiger partial charge < -0.3 is 0 Å². The molecule has 76 valence electrons. The number of hydrogen-bond acceptors (Lipinski definition) is 4. The van der Waals surface area contributed by atoms with E-state index in [1.807, 2.05) is 0 Å². The summed E-state index contributed by atoms with van der Waals surface area (Å²) in [6, 6.07) is 0. The third kappa shape index (κ3) is 1.61. The van der Waals surface area contributed by atoms with Gasteiger partial charge in [0.2, 0.25) is 11.0 Å². The molecule has 0 fully saturated rings. The maximum absolute atomic E-state index is 12.8. The topological polar surface area (TPSA) is 43.1 Å². The van der Waals surface area contributed by atoms with Crippen LogP contribution in [0, 0.1) is 0 Å². The first kappa shape index (κ1) is 9.85. The Bertz CT molecular complexity index is 397. The lowest BCUT2D eigenvalue weighted by Gasteiger charge is -2.12. The van der Waals surface area contributed by atoms with Gasteiger partial charge in [0.15, 0.2) is 0 Å². The molecular formula is C6H5ClF2N4S. The van der Waals surface area contributed by atoms with Crippen LogP contribution in [-0.2, 0) is 5.38 Å². The van der Waals surface area contributed by atoms with E-state index in [0.717, 1.165) is 10.4 Å². The van der Waals surface area contributed by atoms with E-state index in [0.29, 0.717) is 10.9 Å². The fraction of sp³-hybridized carbons (Fsp3) is 0.500. The highest BCUT2D eigenvalue weighted by molar-refractivity contribution is 7.99. The summed E-state index contributed by atoms with van der Waals surface area (Å²) in [7, 11) is 0. The minimum atomic E-state index is -3.53. The van der Waals surface area contributed by atoms with E-state index < -0.39 is 11.2 Å². The van der Waals surface area contributed by atoms with Crippen molar-refractivity contribution >= 4 is 29.1 Å². The van der Waals surface area contributed by atoms with Crippen LogP contribution in [0.1, 0.15) is 12.7 Å². The summed E-state index contributed by atoms with van der Waals surface area (Å²) in [5.74, 6) is -0.00728. The van der Waals surface area contributed by atoms with Gasteiger partial charge in [-0.05, 0) is 18.5 Å². The summed E-state index contributed by atoms with van der Waals surface area (Å²) in [6.07, 6.45) is 0. The lowest BCUT2D eigenvalue weighted by molar-refractivity contribution is 0.0799. The summed E-state index contributed by atoms with van der Waals surface area (Å²) in [6.45, 7) is 1.74. The first-order chi connectivity index (χ1) is 6.48. The Kier molecular flexibility index (Phi) is 2.23. The van der Waals surface area contributed by atoms with Gasteiger partial charge in [-0.2, -0.15) is 18.6 Å². The van der Waals surface area contributed by atoms with E-state index in [4.69, 9.17) is 11.6 Å². The number of aromatic nitrogens is 3. The van der Waals surface area contributed by atoms with Crippen molar-refractivity contribution in [3.63, 3.8) is 0 Å². The third-order valence-electron chi connectivity index (χ3n) is 1.55. The van der Waals surface area contributed by atoms with Gasteiger partial charge in [0.25, 0.3) is 0 Å². The molecule has 1 aliphatic rings. The Morgan fingerprint density at radius 2 is 2.21 bits per heavy atom. The molecular weight excluding hydrogens is 234 g/mol. The molecule has 0 saturated carbocycles. The Hall–Kier alpha value is -0.690. The van der Waals surface area contributed by atoms with E-state index in [2.05, 4.69) is 15.3 Å². The number of rotatable bonds is 1. The normalized spacial score (nSPS) is 16.4. The van der Waals surface area contributed by atoms with Gasteiger partial charge in [-0.3, -0.25) is 0 Å². The second kappa shape index (κ2) is 3.16. The van der Waals surface area contributed by atoms with Crippen LogP contribution in [0.2, 0.25) is 0 Å². The molecule has 0 aromatic carbocycles. The number of alkyl halides is 3. The van der Waals surface area contributed by atoms with Crippen molar-refractivity contribution < 1.29 is 8.78 Å². The number of fused-ring (bicyclic) bond motifs is 1. The molecule has 8 heteroatoms. The van der Waals surface area contributed by atoms with E-state index in [1.165, 1.54) is 11.8 Å². The molecule has 1 aromatic heterocycles. The van der Waals surface area contributed by atoms with Crippen molar-refractivity contribution in [3.05, 3.63) is 5.82 Å². The first-order valence-electron chi connectivity index (χ1n) is 3.68. The summed E-state index contributed by atoms with van der Waals surface area (Å²) in [5, 5.41) is 7.57. The zero-order valence-corrected chi connectivity index (χ0v) is 8.61. The highest BCUT2D eigenvalue weighted by Crippen LogP contribution is 2.34.